The molecule has 0 radical (unpaired) electrons. The molecule has 28 heavy (non-hydrogen) atoms. The van der Waals surface area contributed by atoms with Gasteiger partial charge in [0.2, 0.25) is 0 Å². The molecular weight excluding hydrogens is 353 g/mol. The molecule has 3 aromatic carbocycles. The number of fused-ring (bicyclic) bond motifs is 1. The molecule has 3 N–H and O–H groups in total. The third-order valence-electron chi connectivity index (χ3n) is 5.05. The molecule has 0 fully saturated rings. The number of halogens is 1. The van der Waals surface area contributed by atoms with Crippen LogP contribution in [0.3, 0.4) is 0 Å². The largest absolute Gasteiger partial charge is 0.492 e. The minimum absolute atomic E-state index is 0.196. The van der Waals surface area contributed by atoms with E-state index >= 15 is 0 Å². The van der Waals surface area contributed by atoms with Crippen LogP contribution in [-0.4, -0.2) is 32.1 Å². The van der Waals surface area contributed by atoms with Gasteiger partial charge >= 0.3 is 0 Å². The SMILES string of the molecule is NCCOc1ccc2ccccc2c1CCc1c(F)cccc1C1=NCCN1. The standard InChI is InChI=1S/C23H24FN3O/c24-21-7-3-6-20(23-26-13-14-27-23)18(21)9-10-19-17-5-2-1-4-16(17)8-11-22(19)28-15-12-25/h1-8,11H,9-10,12-15,25H2,(H,26,27). The summed E-state index contributed by atoms with van der Waals surface area (Å²) in [6.07, 6.45) is 1.23. The summed E-state index contributed by atoms with van der Waals surface area (Å²) in [5.41, 5.74) is 8.24. The first kappa shape index (κ1) is 18.4. The molecule has 1 heterocycles. The van der Waals surface area contributed by atoms with Crippen LogP contribution in [0.1, 0.15) is 16.7 Å². The van der Waals surface area contributed by atoms with Gasteiger partial charge < -0.3 is 15.8 Å². The molecule has 0 aliphatic carbocycles. The van der Waals surface area contributed by atoms with E-state index in [1.807, 2.05) is 24.3 Å². The van der Waals surface area contributed by atoms with E-state index in [1.165, 1.54) is 6.07 Å². The molecule has 0 unspecified atom stereocenters. The highest BCUT2D eigenvalue weighted by molar-refractivity contribution is 6.01. The first-order valence-corrected chi connectivity index (χ1v) is 9.67. The number of rotatable bonds is 7. The molecule has 144 valence electrons. The average molecular weight is 377 g/mol. The lowest BCUT2D eigenvalue weighted by Gasteiger charge is -2.16. The number of benzene rings is 3. The molecule has 0 bridgehead atoms. The number of ether oxygens (including phenoxy) is 1. The van der Waals surface area contributed by atoms with E-state index < -0.39 is 0 Å². The average Bonchev–Trinajstić information content (AvgIpc) is 3.26. The molecule has 0 aromatic heterocycles. The van der Waals surface area contributed by atoms with E-state index in [2.05, 4.69) is 28.5 Å². The molecule has 1 aliphatic heterocycles. The van der Waals surface area contributed by atoms with Gasteiger partial charge in [-0.1, -0.05) is 42.5 Å². The number of aliphatic imine (C=N–C) groups is 1. The van der Waals surface area contributed by atoms with Gasteiger partial charge in [-0.2, -0.15) is 0 Å². The van der Waals surface area contributed by atoms with Gasteiger partial charge in [0.1, 0.15) is 24.0 Å². The zero-order valence-electron chi connectivity index (χ0n) is 15.7. The Morgan fingerprint density at radius 3 is 2.68 bits per heavy atom. The predicted molar refractivity (Wildman–Crippen MR) is 112 cm³/mol. The summed E-state index contributed by atoms with van der Waals surface area (Å²) in [4.78, 5) is 4.47. The second kappa shape index (κ2) is 8.40. The fourth-order valence-electron chi connectivity index (χ4n) is 3.74. The molecule has 4 rings (SSSR count). The van der Waals surface area contributed by atoms with E-state index in [0.29, 0.717) is 31.6 Å². The fourth-order valence-corrected chi connectivity index (χ4v) is 3.74. The van der Waals surface area contributed by atoms with Crippen molar-refractivity contribution >= 4 is 16.6 Å². The Morgan fingerprint density at radius 1 is 1.00 bits per heavy atom. The molecule has 0 spiro atoms. The van der Waals surface area contributed by atoms with Crippen molar-refractivity contribution in [2.75, 3.05) is 26.2 Å². The van der Waals surface area contributed by atoms with Gasteiger partial charge in [0.15, 0.2) is 0 Å². The maximum atomic E-state index is 14.7. The van der Waals surface area contributed by atoms with Gasteiger partial charge in [-0.25, -0.2) is 4.39 Å². The zero-order chi connectivity index (χ0) is 19.3. The predicted octanol–water partition coefficient (Wildman–Crippen LogP) is 3.45. The van der Waals surface area contributed by atoms with E-state index in [4.69, 9.17) is 10.5 Å². The summed E-state index contributed by atoms with van der Waals surface area (Å²) in [7, 11) is 0. The normalized spacial score (nSPS) is 13.4. The lowest BCUT2D eigenvalue weighted by molar-refractivity contribution is 0.325. The maximum absolute atomic E-state index is 14.7. The highest BCUT2D eigenvalue weighted by Gasteiger charge is 2.17. The van der Waals surface area contributed by atoms with Crippen LogP contribution in [0, 0.1) is 5.82 Å². The molecule has 0 saturated carbocycles. The van der Waals surface area contributed by atoms with E-state index in [0.717, 1.165) is 46.6 Å². The maximum Gasteiger partial charge on any atom is 0.128 e. The van der Waals surface area contributed by atoms with Crippen molar-refractivity contribution in [3.63, 3.8) is 0 Å². The molecule has 1 aliphatic rings. The number of nitrogens with two attached hydrogens (primary N) is 1. The lowest BCUT2D eigenvalue weighted by Crippen LogP contribution is -2.21. The second-order valence-electron chi connectivity index (χ2n) is 6.82. The van der Waals surface area contributed by atoms with Crippen molar-refractivity contribution in [3.05, 3.63) is 77.1 Å². The van der Waals surface area contributed by atoms with Crippen LogP contribution in [0.4, 0.5) is 4.39 Å². The number of hydrogen-bond donors (Lipinski definition) is 2. The van der Waals surface area contributed by atoms with Crippen LogP contribution in [0.15, 0.2) is 59.6 Å². The number of amidine groups is 1. The Morgan fingerprint density at radius 2 is 1.86 bits per heavy atom. The molecule has 0 amide bonds. The third kappa shape index (κ3) is 3.71. The van der Waals surface area contributed by atoms with Crippen LogP contribution in [0.2, 0.25) is 0 Å². The molecule has 3 aromatic rings. The third-order valence-corrected chi connectivity index (χ3v) is 5.05. The van der Waals surface area contributed by atoms with Crippen molar-refractivity contribution < 1.29 is 9.13 Å². The van der Waals surface area contributed by atoms with Gasteiger partial charge in [-0.15, -0.1) is 0 Å². The van der Waals surface area contributed by atoms with E-state index in [9.17, 15) is 4.39 Å². The molecule has 0 saturated heterocycles. The highest BCUT2D eigenvalue weighted by Crippen LogP contribution is 2.30. The van der Waals surface area contributed by atoms with Gasteiger partial charge in [0, 0.05) is 24.2 Å². The Balaban J connectivity index is 1.69. The summed E-state index contributed by atoms with van der Waals surface area (Å²) in [6, 6.07) is 17.4. The number of hydrogen-bond acceptors (Lipinski definition) is 4. The summed E-state index contributed by atoms with van der Waals surface area (Å²) in [6.45, 7) is 2.43. The molecule has 4 nitrogen and oxygen atoms in total. The molecule has 5 heteroatoms. The Kier molecular flexibility index (Phi) is 5.53. The summed E-state index contributed by atoms with van der Waals surface area (Å²) in [5, 5.41) is 5.53. The first-order chi connectivity index (χ1) is 13.8. The van der Waals surface area contributed by atoms with Crippen molar-refractivity contribution in [3.8, 4) is 5.75 Å². The Hall–Kier alpha value is -2.92. The summed E-state index contributed by atoms with van der Waals surface area (Å²) in [5.74, 6) is 1.41. The lowest BCUT2D eigenvalue weighted by atomic mass is 9.95. The van der Waals surface area contributed by atoms with Gasteiger partial charge in [0.05, 0.1) is 6.54 Å². The number of nitrogens with zero attached hydrogens (tertiary/aromatic N) is 1. The van der Waals surface area contributed by atoms with Gasteiger partial charge in [-0.3, -0.25) is 4.99 Å². The van der Waals surface area contributed by atoms with Crippen molar-refractivity contribution in [2.45, 2.75) is 12.8 Å². The fraction of sp³-hybridized carbons (Fsp3) is 0.261. The summed E-state index contributed by atoms with van der Waals surface area (Å²) < 4.78 is 20.6. The van der Waals surface area contributed by atoms with Crippen LogP contribution >= 0.6 is 0 Å². The second-order valence-corrected chi connectivity index (χ2v) is 6.82. The Bertz CT molecular complexity index is 1020. The topological polar surface area (TPSA) is 59.6 Å². The Labute approximate surface area is 164 Å². The van der Waals surface area contributed by atoms with Crippen LogP contribution in [0.5, 0.6) is 5.75 Å². The van der Waals surface area contributed by atoms with Crippen molar-refractivity contribution in [2.24, 2.45) is 10.7 Å². The highest BCUT2D eigenvalue weighted by atomic mass is 19.1. The zero-order valence-corrected chi connectivity index (χ0v) is 15.7. The van der Waals surface area contributed by atoms with Crippen LogP contribution in [0.25, 0.3) is 10.8 Å². The quantitative estimate of drug-likeness (QED) is 0.663. The van der Waals surface area contributed by atoms with E-state index in [1.54, 1.807) is 6.07 Å². The monoisotopic (exact) mass is 377 g/mol. The minimum Gasteiger partial charge on any atom is -0.492 e. The molecule has 0 atom stereocenters. The van der Waals surface area contributed by atoms with E-state index in [-0.39, 0.29) is 5.82 Å². The molecular formula is C23H24FN3O. The van der Waals surface area contributed by atoms with Crippen LogP contribution in [-0.2, 0) is 12.8 Å². The van der Waals surface area contributed by atoms with Gasteiger partial charge in [-0.05, 0) is 41.3 Å². The smallest absolute Gasteiger partial charge is 0.128 e. The number of aryl methyl sites for hydroxylation is 1. The van der Waals surface area contributed by atoms with Gasteiger partial charge in [0.25, 0.3) is 0 Å². The summed E-state index contributed by atoms with van der Waals surface area (Å²) >= 11 is 0. The number of nitrogens with one attached hydrogen (secondary N) is 1. The van der Waals surface area contributed by atoms with Crippen LogP contribution < -0.4 is 15.8 Å². The first-order valence-electron chi connectivity index (χ1n) is 9.67. The van der Waals surface area contributed by atoms with Crippen molar-refractivity contribution in [1.82, 2.24) is 5.32 Å². The van der Waals surface area contributed by atoms with Crippen molar-refractivity contribution in [1.29, 1.82) is 0 Å². The minimum atomic E-state index is -0.196.